The lowest BCUT2D eigenvalue weighted by atomic mass is 10.1. The van der Waals surface area contributed by atoms with E-state index in [2.05, 4.69) is 33.9 Å². The van der Waals surface area contributed by atoms with Crippen molar-refractivity contribution in [2.45, 2.75) is 25.2 Å². The van der Waals surface area contributed by atoms with Crippen LogP contribution in [0.25, 0.3) is 5.69 Å². The first-order chi connectivity index (χ1) is 12.1. The van der Waals surface area contributed by atoms with Crippen molar-refractivity contribution in [1.82, 2.24) is 9.78 Å². The zero-order chi connectivity index (χ0) is 17.1. The molecular weight excluding hydrogens is 381 g/mol. The van der Waals surface area contributed by atoms with Crippen LogP contribution in [0.3, 0.4) is 0 Å². The van der Waals surface area contributed by atoms with Gasteiger partial charge in [0.05, 0.1) is 10.0 Å². The average molecular weight is 394 g/mol. The van der Waals surface area contributed by atoms with Crippen LogP contribution in [-0.4, -0.2) is 15.9 Å². The summed E-state index contributed by atoms with van der Waals surface area (Å²) in [4.78, 5) is 0. The van der Waals surface area contributed by atoms with E-state index < -0.39 is 0 Å². The Labute approximate surface area is 159 Å². The quantitative estimate of drug-likeness (QED) is 0.581. The molecule has 0 spiro atoms. The summed E-state index contributed by atoms with van der Waals surface area (Å²) in [6, 6.07) is 11.9. The van der Waals surface area contributed by atoms with Crippen LogP contribution in [0.15, 0.2) is 42.7 Å². The van der Waals surface area contributed by atoms with Crippen LogP contribution in [0, 0.1) is 0 Å². The zero-order valence-electron chi connectivity index (χ0n) is 13.0. The van der Waals surface area contributed by atoms with Gasteiger partial charge in [-0.3, -0.25) is 0 Å². The van der Waals surface area contributed by atoms with Crippen LogP contribution >= 0.6 is 34.8 Å². The number of halogens is 3. The molecule has 2 aromatic carbocycles. The van der Waals surface area contributed by atoms with Crippen molar-refractivity contribution in [3.05, 3.63) is 74.7 Å². The topological polar surface area (TPSA) is 30.9 Å². The van der Waals surface area contributed by atoms with Gasteiger partial charge in [-0.05, 0) is 23.3 Å². The molecule has 25 heavy (non-hydrogen) atoms. The Bertz CT molecular complexity index is 978. The zero-order valence-corrected chi connectivity index (χ0v) is 15.3. The minimum atomic E-state index is 0.124. The Kier molecular flexibility index (Phi) is 3.57. The fourth-order valence-corrected chi connectivity index (χ4v) is 4.77. The number of rotatable bonds is 1. The van der Waals surface area contributed by atoms with Gasteiger partial charge >= 0.3 is 5.82 Å². The lowest BCUT2D eigenvalue weighted by Gasteiger charge is -2.23. The van der Waals surface area contributed by atoms with Crippen molar-refractivity contribution in [1.29, 1.82) is 0 Å². The normalized spacial score (nSPS) is 20.9. The van der Waals surface area contributed by atoms with Crippen molar-refractivity contribution in [2.75, 3.05) is 0 Å². The van der Waals surface area contributed by atoms with E-state index in [1.54, 1.807) is 16.8 Å². The molecule has 1 aliphatic carbocycles. The lowest BCUT2D eigenvalue weighted by Crippen LogP contribution is -2.51. The van der Waals surface area contributed by atoms with Crippen molar-refractivity contribution < 1.29 is 9.30 Å². The predicted molar refractivity (Wildman–Crippen MR) is 95.7 cm³/mol. The molecule has 0 saturated carbocycles. The number of benzene rings is 2. The highest BCUT2D eigenvalue weighted by Crippen LogP contribution is 2.36. The predicted octanol–water partition coefficient (Wildman–Crippen LogP) is 4.16. The molecule has 0 unspecified atom stereocenters. The van der Waals surface area contributed by atoms with Crippen molar-refractivity contribution in [3.8, 4) is 5.69 Å². The summed E-state index contributed by atoms with van der Waals surface area (Å²) in [6.45, 7) is 0.463. The fourth-order valence-electron chi connectivity index (χ4n) is 3.78. The van der Waals surface area contributed by atoms with Gasteiger partial charge in [-0.15, -0.1) is 0 Å². The van der Waals surface area contributed by atoms with Gasteiger partial charge in [0.25, 0.3) is 0 Å². The molecule has 0 N–H and O–H groups in total. The van der Waals surface area contributed by atoms with E-state index in [1.165, 1.54) is 11.1 Å². The highest BCUT2D eigenvalue weighted by molar-refractivity contribution is 6.40. The maximum atomic E-state index is 6.36. The lowest BCUT2D eigenvalue weighted by molar-refractivity contribution is -0.739. The standard InChI is InChI=1S/C18H13Cl3N3O/c19-11-6-13(20)18(14(21)7-11)24-9-23-16(22-24)8-25-15-5-10-3-1-2-4-12(10)17(15)23/h1-4,6-7,9,15,17H,5,8H2/q+1/t15-,17+/m1/s1. The number of fused-ring (bicyclic) bond motifs is 5. The van der Waals surface area contributed by atoms with Gasteiger partial charge in [-0.25, -0.2) is 4.57 Å². The molecule has 0 radical (unpaired) electrons. The van der Waals surface area contributed by atoms with Crippen LogP contribution < -0.4 is 4.57 Å². The summed E-state index contributed by atoms with van der Waals surface area (Å²) in [5.74, 6) is 0.847. The maximum Gasteiger partial charge on any atom is 0.304 e. The Balaban J connectivity index is 1.65. The third-order valence-corrected chi connectivity index (χ3v) is 5.63. The summed E-state index contributed by atoms with van der Waals surface area (Å²) in [5, 5.41) is 6.07. The van der Waals surface area contributed by atoms with Gasteiger partial charge in [0.15, 0.2) is 5.69 Å². The molecule has 7 heteroatoms. The molecule has 2 atom stereocenters. The second-order valence-corrected chi connectivity index (χ2v) is 7.55. The van der Waals surface area contributed by atoms with E-state index >= 15 is 0 Å². The second-order valence-electron chi connectivity index (χ2n) is 6.30. The van der Waals surface area contributed by atoms with Crippen LogP contribution in [0.4, 0.5) is 0 Å². The first-order valence-electron chi connectivity index (χ1n) is 7.96. The first-order valence-corrected chi connectivity index (χ1v) is 9.09. The minimum Gasteiger partial charge on any atom is -0.363 e. The molecule has 1 aliphatic heterocycles. The van der Waals surface area contributed by atoms with Gasteiger partial charge in [0.1, 0.15) is 18.8 Å². The largest absolute Gasteiger partial charge is 0.363 e. The SMILES string of the molecule is Clc1cc(Cl)c(-n2c[n+]3c(n2)CO[C@@H]2Cc4ccccc4[C@@H]23)c(Cl)c1. The molecule has 4 nitrogen and oxygen atoms in total. The summed E-state index contributed by atoms with van der Waals surface area (Å²) in [7, 11) is 0. The molecular formula is C18H13Cl3N3O+. The molecule has 126 valence electrons. The second kappa shape index (κ2) is 5.71. The number of hydrogen-bond acceptors (Lipinski definition) is 2. The summed E-state index contributed by atoms with van der Waals surface area (Å²) in [5.41, 5.74) is 3.23. The molecule has 5 rings (SSSR count). The Morgan fingerprint density at radius 3 is 2.68 bits per heavy atom. The fraction of sp³-hybridized carbons (Fsp3) is 0.222. The molecule has 2 aliphatic rings. The van der Waals surface area contributed by atoms with Crippen molar-refractivity contribution >= 4 is 34.8 Å². The summed E-state index contributed by atoms with van der Waals surface area (Å²) < 4.78 is 9.94. The number of nitrogens with zero attached hydrogens (tertiary/aromatic N) is 3. The van der Waals surface area contributed by atoms with Crippen LogP contribution in [0.5, 0.6) is 0 Å². The van der Waals surface area contributed by atoms with E-state index in [-0.39, 0.29) is 12.1 Å². The van der Waals surface area contributed by atoms with Gasteiger partial charge in [-0.2, -0.15) is 0 Å². The molecule has 0 bridgehead atoms. The maximum absolute atomic E-state index is 6.36. The first kappa shape index (κ1) is 15.6. The molecule has 2 heterocycles. The van der Waals surface area contributed by atoms with E-state index in [1.807, 2.05) is 6.33 Å². The van der Waals surface area contributed by atoms with E-state index in [4.69, 9.17) is 39.5 Å². The molecule has 0 fully saturated rings. The molecule has 0 amide bonds. The Hall–Kier alpha value is -1.59. The smallest absolute Gasteiger partial charge is 0.304 e. The summed E-state index contributed by atoms with van der Waals surface area (Å²) >= 11 is 18.7. The third kappa shape index (κ3) is 2.40. The number of hydrogen-bond donors (Lipinski definition) is 0. The van der Waals surface area contributed by atoms with Crippen LogP contribution in [0.1, 0.15) is 23.0 Å². The Morgan fingerprint density at radius 1 is 1.12 bits per heavy atom. The molecule has 0 saturated heterocycles. The minimum absolute atomic E-state index is 0.124. The van der Waals surface area contributed by atoms with Gasteiger partial charge in [0.2, 0.25) is 6.33 Å². The molecule has 1 aromatic heterocycles. The number of ether oxygens (including phenoxy) is 1. The van der Waals surface area contributed by atoms with Gasteiger partial charge in [-0.1, -0.05) is 63.8 Å². The van der Waals surface area contributed by atoms with E-state index in [0.29, 0.717) is 27.4 Å². The average Bonchev–Trinajstić information content (AvgIpc) is 3.13. The highest BCUT2D eigenvalue weighted by Gasteiger charge is 2.43. The van der Waals surface area contributed by atoms with E-state index in [0.717, 1.165) is 12.2 Å². The Morgan fingerprint density at radius 2 is 1.88 bits per heavy atom. The molecule has 3 aromatic rings. The van der Waals surface area contributed by atoms with Gasteiger partial charge < -0.3 is 4.74 Å². The van der Waals surface area contributed by atoms with Crippen LogP contribution in [-0.2, 0) is 17.8 Å². The van der Waals surface area contributed by atoms with Crippen molar-refractivity contribution in [3.63, 3.8) is 0 Å². The number of aromatic nitrogens is 3. The van der Waals surface area contributed by atoms with Gasteiger partial charge in [0, 0.05) is 16.5 Å². The summed E-state index contributed by atoms with van der Waals surface area (Å²) in [6.07, 6.45) is 2.99. The van der Waals surface area contributed by atoms with E-state index in [9.17, 15) is 0 Å². The highest BCUT2D eigenvalue weighted by atomic mass is 35.5. The monoisotopic (exact) mass is 392 g/mol. The van der Waals surface area contributed by atoms with Crippen LogP contribution in [0.2, 0.25) is 15.1 Å². The third-order valence-electron chi connectivity index (χ3n) is 4.84. The van der Waals surface area contributed by atoms with Crippen molar-refractivity contribution in [2.24, 2.45) is 0 Å².